The summed E-state index contributed by atoms with van der Waals surface area (Å²) in [6.07, 6.45) is 2.51. The van der Waals surface area contributed by atoms with Crippen molar-refractivity contribution in [2.45, 2.75) is 38.5 Å². The van der Waals surface area contributed by atoms with Crippen molar-refractivity contribution in [3.05, 3.63) is 65.0 Å². The van der Waals surface area contributed by atoms with Gasteiger partial charge < -0.3 is 19.2 Å². The van der Waals surface area contributed by atoms with Crippen LogP contribution in [0.15, 0.2) is 46.9 Å². The summed E-state index contributed by atoms with van der Waals surface area (Å²) in [7, 11) is 5.16. The Hall–Kier alpha value is -3.81. The number of carbonyl (C=O) groups is 2. The van der Waals surface area contributed by atoms with E-state index in [0.717, 1.165) is 46.9 Å². The Balaban J connectivity index is 1.39. The molecule has 184 valence electrons. The first kappa shape index (κ1) is 24.3. The SMILES string of the molecule is Cc1oc(-c2cccc(N(C)C(=O)N(C)C)c2)nc1CCOc1ccc2c(c1)CC[C@H]2CC(=O)O. The van der Waals surface area contributed by atoms with E-state index in [1.54, 1.807) is 26.0 Å². The molecule has 0 saturated heterocycles. The zero-order valence-corrected chi connectivity index (χ0v) is 20.6. The Labute approximate surface area is 205 Å². The van der Waals surface area contributed by atoms with E-state index in [1.165, 1.54) is 10.5 Å². The molecule has 0 fully saturated rings. The number of aliphatic carboxylic acids is 1. The fraction of sp³-hybridized carbons (Fsp3) is 0.370. The van der Waals surface area contributed by atoms with Crippen molar-refractivity contribution in [2.75, 3.05) is 32.6 Å². The number of fused-ring (bicyclic) bond motifs is 1. The second-order valence-corrected chi connectivity index (χ2v) is 9.10. The summed E-state index contributed by atoms with van der Waals surface area (Å²) < 4.78 is 11.9. The monoisotopic (exact) mass is 477 g/mol. The van der Waals surface area contributed by atoms with E-state index in [2.05, 4.69) is 4.98 Å². The highest BCUT2D eigenvalue weighted by Gasteiger charge is 2.25. The van der Waals surface area contributed by atoms with Crippen LogP contribution in [-0.4, -0.2) is 54.7 Å². The van der Waals surface area contributed by atoms with Gasteiger partial charge in [-0.05, 0) is 67.1 Å². The van der Waals surface area contributed by atoms with Gasteiger partial charge in [-0.2, -0.15) is 0 Å². The van der Waals surface area contributed by atoms with Crippen molar-refractivity contribution in [3.63, 3.8) is 0 Å². The molecule has 35 heavy (non-hydrogen) atoms. The molecule has 0 aliphatic heterocycles. The Morgan fingerprint density at radius 1 is 1.17 bits per heavy atom. The Kier molecular flexibility index (Phi) is 7.10. The Bertz CT molecular complexity index is 1230. The Morgan fingerprint density at radius 3 is 2.71 bits per heavy atom. The molecule has 1 heterocycles. The lowest BCUT2D eigenvalue weighted by molar-refractivity contribution is -0.137. The fourth-order valence-electron chi connectivity index (χ4n) is 4.50. The molecular formula is C27H31N3O5. The normalized spacial score (nSPS) is 14.5. The summed E-state index contributed by atoms with van der Waals surface area (Å²) in [5.74, 6) is 1.35. The minimum atomic E-state index is -0.758. The molecular weight excluding hydrogens is 446 g/mol. The van der Waals surface area contributed by atoms with Crippen molar-refractivity contribution in [1.82, 2.24) is 9.88 Å². The first-order chi connectivity index (χ1) is 16.7. The van der Waals surface area contributed by atoms with E-state index >= 15 is 0 Å². The molecule has 0 unspecified atom stereocenters. The number of oxazole rings is 1. The quantitative estimate of drug-likeness (QED) is 0.496. The first-order valence-electron chi connectivity index (χ1n) is 11.7. The molecule has 0 bridgehead atoms. The number of nitrogens with zero attached hydrogens (tertiary/aromatic N) is 3. The summed E-state index contributed by atoms with van der Waals surface area (Å²) in [5.41, 5.74) is 4.67. The van der Waals surface area contributed by atoms with Crippen molar-refractivity contribution >= 4 is 17.7 Å². The molecule has 2 aromatic carbocycles. The number of hydrogen-bond donors (Lipinski definition) is 1. The zero-order chi connectivity index (χ0) is 25.1. The molecule has 1 aromatic heterocycles. The number of carbonyl (C=O) groups excluding carboxylic acids is 1. The van der Waals surface area contributed by atoms with Gasteiger partial charge in [-0.3, -0.25) is 9.69 Å². The van der Waals surface area contributed by atoms with Crippen LogP contribution in [0.25, 0.3) is 11.5 Å². The fourth-order valence-corrected chi connectivity index (χ4v) is 4.50. The molecule has 4 rings (SSSR count). The average Bonchev–Trinajstić information content (AvgIpc) is 3.40. The molecule has 1 aliphatic rings. The first-order valence-corrected chi connectivity index (χ1v) is 11.7. The molecule has 0 spiro atoms. The lowest BCUT2D eigenvalue weighted by Crippen LogP contribution is -2.36. The van der Waals surface area contributed by atoms with Gasteiger partial charge in [-0.1, -0.05) is 12.1 Å². The van der Waals surface area contributed by atoms with E-state index < -0.39 is 5.97 Å². The van der Waals surface area contributed by atoms with Gasteiger partial charge >= 0.3 is 12.0 Å². The number of aromatic nitrogens is 1. The zero-order valence-electron chi connectivity index (χ0n) is 20.6. The molecule has 8 heteroatoms. The van der Waals surface area contributed by atoms with Gasteiger partial charge in [0.05, 0.1) is 18.7 Å². The van der Waals surface area contributed by atoms with Crippen LogP contribution in [0.1, 0.15) is 41.3 Å². The molecule has 1 atom stereocenters. The van der Waals surface area contributed by atoms with Crippen LogP contribution in [0.4, 0.5) is 10.5 Å². The predicted molar refractivity (Wildman–Crippen MR) is 133 cm³/mol. The molecule has 1 aliphatic carbocycles. The molecule has 0 saturated carbocycles. The maximum atomic E-state index is 12.3. The van der Waals surface area contributed by atoms with Gasteiger partial charge in [0.1, 0.15) is 11.5 Å². The summed E-state index contributed by atoms with van der Waals surface area (Å²) in [6.45, 7) is 2.33. The number of carboxylic acids is 1. The third-order valence-electron chi connectivity index (χ3n) is 6.39. The third kappa shape index (κ3) is 5.48. The molecule has 0 radical (unpaired) electrons. The van der Waals surface area contributed by atoms with Crippen LogP contribution in [-0.2, 0) is 17.6 Å². The standard InChI is InChI=1S/C27H31N3O5/c1-17-24(12-13-34-22-10-11-23-18(15-22)8-9-19(23)16-25(31)32)28-26(35-17)20-6-5-7-21(14-20)30(4)27(33)29(2)3/h5-7,10-11,14-15,19H,8-9,12-13,16H2,1-4H3,(H,31,32)/t19-/m0/s1. The van der Waals surface area contributed by atoms with Crippen LogP contribution in [0.5, 0.6) is 5.75 Å². The van der Waals surface area contributed by atoms with E-state index in [1.807, 2.05) is 49.4 Å². The maximum Gasteiger partial charge on any atom is 0.323 e. The number of anilines is 1. The van der Waals surface area contributed by atoms with Crippen molar-refractivity contribution in [2.24, 2.45) is 0 Å². The highest BCUT2D eigenvalue weighted by molar-refractivity contribution is 5.91. The van der Waals surface area contributed by atoms with E-state index in [-0.39, 0.29) is 18.4 Å². The number of urea groups is 1. The number of ether oxygens (including phenoxy) is 1. The highest BCUT2D eigenvalue weighted by atomic mass is 16.5. The van der Waals surface area contributed by atoms with E-state index in [0.29, 0.717) is 18.9 Å². The van der Waals surface area contributed by atoms with Crippen molar-refractivity contribution in [3.8, 4) is 17.2 Å². The van der Waals surface area contributed by atoms with Gasteiger partial charge in [0.2, 0.25) is 5.89 Å². The third-order valence-corrected chi connectivity index (χ3v) is 6.39. The number of aryl methyl sites for hydroxylation is 2. The predicted octanol–water partition coefficient (Wildman–Crippen LogP) is 4.89. The summed E-state index contributed by atoms with van der Waals surface area (Å²) in [6, 6.07) is 13.4. The minimum absolute atomic E-state index is 0.0899. The average molecular weight is 478 g/mol. The molecule has 8 nitrogen and oxygen atoms in total. The number of rotatable bonds is 8. The van der Waals surface area contributed by atoms with E-state index in [9.17, 15) is 9.59 Å². The summed E-state index contributed by atoms with van der Waals surface area (Å²) in [5, 5.41) is 9.10. The van der Waals surface area contributed by atoms with Gasteiger partial charge in [0, 0.05) is 38.8 Å². The van der Waals surface area contributed by atoms with Gasteiger partial charge in [-0.15, -0.1) is 0 Å². The van der Waals surface area contributed by atoms with Gasteiger partial charge in [0.25, 0.3) is 0 Å². The lowest BCUT2D eigenvalue weighted by atomic mass is 9.98. The van der Waals surface area contributed by atoms with Gasteiger partial charge in [0.15, 0.2) is 0 Å². The van der Waals surface area contributed by atoms with Crippen molar-refractivity contribution in [1.29, 1.82) is 0 Å². The summed E-state index contributed by atoms with van der Waals surface area (Å²) in [4.78, 5) is 31.1. The largest absolute Gasteiger partial charge is 0.493 e. The second kappa shape index (κ2) is 10.2. The van der Waals surface area contributed by atoms with Crippen molar-refractivity contribution < 1.29 is 23.8 Å². The Morgan fingerprint density at radius 2 is 1.97 bits per heavy atom. The molecule has 1 N–H and O–H groups in total. The maximum absolute atomic E-state index is 12.3. The van der Waals surface area contributed by atoms with Crippen LogP contribution >= 0.6 is 0 Å². The van der Waals surface area contributed by atoms with Gasteiger partial charge in [-0.25, -0.2) is 9.78 Å². The van der Waals surface area contributed by atoms with Crippen LogP contribution in [0.3, 0.4) is 0 Å². The van der Waals surface area contributed by atoms with Crippen LogP contribution in [0, 0.1) is 6.92 Å². The van der Waals surface area contributed by atoms with Crippen LogP contribution in [0.2, 0.25) is 0 Å². The minimum Gasteiger partial charge on any atom is -0.493 e. The topological polar surface area (TPSA) is 96.1 Å². The highest BCUT2D eigenvalue weighted by Crippen LogP contribution is 2.37. The number of hydrogen-bond acceptors (Lipinski definition) is 5. The smallest absolute Gasteiger partial charge is 0.323 e. The number of amides is 2. The molecule has 3 aromatic rings. The summed E-state index contributed by atoms with van der Waals surface area (Å²) >= 11 is 0. The van der Waals surface area contributed by atoms with E-state index in [4.69, 9.17) is 14.3 Å². The molecule has 2 amide bonds. The van der Waals surface area contributed by atoms with Crippen LogP contribution < -0.4 is 9.64 Å². The second-order valence-electron chi connectivity index (χ2n) is 9.10. The number of carboxylic acid groups (broad SMARTS) is 1. The lowest BCUT2D eigenvalue weighted by Gasteiger charge is -2.22. The number of benzene rings is 2.